The van der Waals surface area contributed by atoms with Gasteiger partial charge in [0.25, 0.3) is 5.91 Å². The number of aromatic nitrogens is 2. The fourth-order valence-electron chi connectivity index (χ4n) is 2.17. The average molecular weight is 301 g/mol. The predicted octanol–water partition coefficient (Wildman–Crippen LogP) is 1.53. The number of likely N-dealkylation sites (N-methyl/N-ethyl adjacent to an activating group) is 1. The van der Waals surface area contributed by atoms with Gasteiger partial charge in [0.2, 0.25) is 5.78 Å². The molecule has 2 aromatic rings. The lowest BCUT2D eigenvalue weighted by Gasteiger charge is -2.08. The molecule has 1 aliphatic rings. The number of benzene rings is 1. The van der Waals surface area contributed by atoms with Crippen molar-refractivity contribution in [2.45, 2.75) is 5.92 Å². The monoisotopic (exact) mass is 301 g/mol. The average Bonchev–Trinajstić information content (AvgIpc) is 2.78. The summed E-state index contributed by atoms with van der Waals surface area (Å²) in [5, 5.41) is 0. The van der Waals surface area contributed by atoms with Crippen molar-refractivity contribution in [1.29, 1.82) is 0 Å². The fraction of sp³-hybridized carbons (Fsp3) is 0.200. The van der Waals surface area contributed by atoms with Gasteiger partial charge in [-0.3, -0.25) is 9.59 Å². The number of halogens is 1. The Labute approximate surface area is 125 Å². The largest absolute Gasteiger partial charge is 0.454 e. The van der Waals surface area contributed by atoms with Crippen LogP contribution >= 0.6 is 0 Å². The molecular weight excluding hydrogens is 289 g/mol. The third kappa shape index (κ3) is 2.65. The van der Waals surface area contributed by atoms with Crippen molar-refractivity contribution in [3.63, 3.8) is 0 Å². The van der Waals surface area contributed by atoms with Crippen molar-refractivity contribution < 1.29 is 18.7 Å². The highest BCUT2D eigenvalue weighted by Gasteiger charge is 2.39. The maximum Gasteiger partial charge on any atom is 0.290 e. The zero-order chi connectivity index (χ0) is 15.7. The van der Waals surface area contributed by atoms with Gasteiger partial charge in [0.1, 0.15) is 23.3 Å². The molecule has 0 N–H and O–H groups in total. The first-order valence-electron chi connectivity index (χ1n) is 6.59. The van der Waals surface area contributed by atoms with Crippen LogP contribution in [0.1, 0.15) is 11.7 Å². The number of Topliss-reactive ketones (excluding diaryl/α,β-unsaturated/α-hetero) is 1. The highest BCUT2D eigenvalue weighted by molar-refractivity contribution is 6.40. The molecule has 112 valence electrons. The van der Waals surface area contributed by atoms with Gasteiger partial charge >= 0.3 is 0 Å². The fourth-order valence-corrected chi connectivity index (χ4v) is 2.17. The Hall–Kier alpha value is -2.83. The van der Waals surface area contributed by atoms with Crippen molar-refractivity contribution in [1.82, 2.24) is 14.9 Å². The highest BCUT2D eigenvalue weighted by Crippen LogP contribution is 2.24. The first kappa shape index (κ1) is 14.1. The van der Waals surface area contributed by atoms with Crippen LogP contribution in [0.2, 0.25) is 0 Å². The second-order valence-corrected chi connectivity index (χ2v) is 4.94. The lowest BCUT2D eigenvalue weighted by atomic mass is 10.1. The smallest absolute Gasteiger partial charge is 0.290 e. The summed E-state index contributed by atoms with van der Waals surface area (Å²) >= 11 is 0. The van der Waals surface area contributed by atoms with Gasteiger partial charge in [-0.15, -0.1) is 0 Å². The summed E-state index contributed by atoms with van der Waals surface area (Å²) in [5.74, 6) is -0.931. The molecule has 7 heteroatoms. The molecule has 0 aliphatic carbocycles. The minimum absolute atomic E-state index is 0.274. The zero-order valence-corrected chi connectivity index (χ0v) is 11.7. The minimum atomic E-state index is -0.641. The molecular formula is C15H12FN3O3. The molecule has 3 rings (SSSR count). The summed E-state index contributed by atoms with van der Waals surface area (Å²) in [5.41, 5.74) is 0. The number of hydrogen-bond acceptors (Lipinski definition) is 5. The van der Waals surface area contributed by atoms with E-state index < -0.39 is 17.6 Å². The molecule has 1 amide bonds. The summed E-state index contributed by atoms with van der Waals surface area (Å²) < 4.78 is 18.3. The van der Waals surface area contributed by atoms with E-state index in [0.717, 1.165) is 0 Å². The zero-order valence-electron chi connectivity index (χ0n) is 11.7. The van der Waals surface area contributed by atoms with E-state index in [1.165, 1.54) is 41.6 Å². The molecule has 1 saturated heterocycles. The summed E-state index contributed by atoms with van der Waals surface area (Å²) in [6.45, 7) is 0.274. The second kappa shape index (κ2) is 5.51. The molecule has 22 heavy (non-hydrogen) atoms. The molecule has 1 aromatic carbocycles. The number of carbonyl (C=O) groups is 2. The molecule has 0 bridgehead atoms. The Bertz CT molecular complexity index is 716. The predicted molar refractivity (Wildman–Crippen MR) is 73.9 cm³/mol. The van der Waals surface area contributed by atoms with Crippen LogP contribution in [0.4, 0.5) is 4.39 Å². The lowest BCUT2D eigenvalue weighted by molar-refractivity contribution is -0.139. The number of likely N-dealkylation sites (tertiary alicyclic amines) is 1. The van der Waals surface area contributed by atoms with E-state index in [4.69, 9.17) is 4.74 Å². The number of rotatable bonds is 3. The molecule has 1 fully saturated rings. The van der Waals surface area contributed by atoms with Gasteiger partial charge < -0.3 is 9.64 Å². The first-order chi connectivity index (χ1) is 10.5. The van der Waals surface area contributed by atoms with E-state index in [2.05, 4.69) is 9.97 Å². The third-order valence-corrected chi connectivity index (χ3v) is 3.34. The molecule has 1 aliphatic heterocycles. The van der Waals surface area contributed by atoms with Gasteiger partial charge in [-0.1, -0.05) is 0 Å². The van der Waals surface area contributed by atoms with E-state index >= 15 is 0 Å². The number of nitrogens with zero attached hydrogens (tertiary/aromatic N) is 3. The van der Waals surface area contributed by atoms with Crippen molar-refractivity contribution in [3.05, 3.63) is 48.3 Å². The van der Waals surface area contributed by atoms with Crippen LogP contribution in [-0.4, -0.2) is 40.2 Å². The summed E-state index contributed by atoms with van der Waals surface area (Å²) in [4.78, 5) is 32.8. The topological polar surface area (TPSA) is 72.4 Å². The normalized spacial score (nSPS) is 17.9. The quantitative estimate of drug-likeness (QED) is 0.804. The van der Waals surface area contributed by atoms with Gasteiger partial charge in [0, 0.05) is 13.6 Å². The van der Waals surface area contributed by atoms with Crippen molar-refractivity contribution in [2.24, 2.45) is 0 Å². The third-order valence-electron chi connectivity index (χ3n) is 3.34. The lowest BCUT2D eigenvalue weighted by Crippen LogP contribution is -2.22. The Morgan fingerprint density at radius 1 is 1.14 bits per heavy atom. The van der Waals surface area contributed by atoms with Crippen molar-refractivity contribution in [3.8, 4) is 11.5 Å². The van der Waals surface area contributed by atoms with Gasteiger partial charge in [-0.2, -0.15) is 0 Å². The summed E-state index contributed by atoms with van der Waals surface area (Å²) in [7, 11) is 1.56. The van der Waals surface area contributed by atoms with Gasteiger partial charge in [0.15, 0.2) is 5.75 Å². The molecule has 1 atom stereocenters. The van der Waals surface area contributed by atoms with Gasteiger partial charge in [-0.05, 0) is 24.3 Å². The molecule has 2 heterocycles. The Balaban J connectivity index is 1.74. The van der Waals surface area contributed by atoms with Crippen LogP contribution < -0.4 is 4.74 Å². The Morgan fingerprint density at radius 2 is 1.77 bits per heavy atom. The van der Waals surface area contributed by atoms with E-state index in [1.54, 1.807) is 7.05 Å². The van der Waals surface area contributed by atoms with Crippen molar-refractivity contribution >= 4 is 11.7 Å². The van der Waals surface area contributed by atoms with Crippen molar-refractivity contribution in [2.75, 3.05) is 13.6 Å². The highest BCUT2D eigenvalue weighted by atomic mass is 19.1. The number of ether oxygens (including phenoxy) is 1. The number of ketones is 1. The van der Waals surface area contributed by atoms with Gasteiger partial charge in [0.05, 0.1) is 12.4 Å². The minimum Gasteiger partial charge on any atom is -0.454 e. The Morgan fingerprint density at radius 3 is 2.32 bits per heavy atom. The number of hydrogen-bond donors (Lipinski definition) is 0. The molecule has 6 nitrogen and oxygen atoms in total. The maximum absolute atomic E-state index is 12.8. The second-order valence-electron chi connectivity index (χ2n) is 4.94. The van der Waals surface area contributed by atoms with E-state index in [0.29, 0.717) is 11.5 Å². The number of amides is 1. The molecule has 0 saturated carbocycles. The summed E-state index contributed by atoms with van der Waals surface area (Å²) in [6, 6.07) is 5.53. The standard InChI is InChI=1S/C15H12FN3O3/c1-19-8-12(13(20)15(19)21)14-17-6-11(7-18-14)22-10-4-2-9(16)3-5-10/h2-7,12H,8H2,1H3. The van der Waals surface area contributed by atoms with Gasteiger partial charge in [-0.25, -0.2) is 14.4 Å². The molecule has 0 radical (unpaired) electrons. The Kier molecular flexibility index (Phi) is 3.54. The van der Waals surface area contributed by atoms with Crippen LogP contribution in [0.25, 0.3) is 0 Å². The summed E-state index contributed by atoms with van der Waals surface area (Å²) in [6.07, 6.45) is 2.84. The van der Waals surface area contributed by atoms with Crippen LogP contribution in [0.3, 0.4) is 0 Å². The van der Waals surface area contributed by atoms with E-state index in [9.17, 15) is 14.0 Å². The molecule has 0 spiro atoms. The number of carbonyl (C=O) groups excluding carboxylic acids is 2. The first-order valence-corrected chi connectivity index (χ1v) is 6.59. The van der Waals surface area contributed by atoms with Crippen LogP contribution in [0.15, 0.2) is 36.7 Å². The van der Waals surface area contributed by atoms with Crippen LogP contribution in [-0.2, 0) is 9.59 Å². The SMILES string of the molecule is CN1CC(c2ncc(Oc3ccc(F)cc3)cn2)C(=O)C1=O. The molecule has 1 aromatic heterocycles. The maximum atomic E-state index is 12.8. The van der Waals surface area contributed by atoms with E-state index in [1.807, 2.05) is 0 Å². The molecule has 1 unspecified atom stereocenters. The van der Waals surface area contributed by atoms with Crippen LogP contribution in [0, 0.1) is 5.82 Å². The van der Waals surface area contributed by atoms with Crippen LogP contribution in [0.5, 0.6) is 11.5 Å². The van der Waals surface area contributed by atoms with E-state index in [-0.39, 0.29) is 18.2 Å².